The molecule has 3 nitrogen and oxygen atoms in total. The van der Waals surface area contributed by atoms with Crippen LogP contribution in [0.25, 0.3) is 0 Å². The fraction of sp³-hybridized carbons (Fsp3) is 0.750. The molecule has 4 rings (SSSR count). The Bertz CT molecular complexity index is 578. The molecule has 0 spiro atoms. The minimum absolute atomic E-state index is 0.0508. The second kappa shape index (κ2) is 9.07. The van der Waals surface area contributed by atoms with Crippen LogP contribution >= 0.6 is 0 Å². The maximum absolute atomic E-state index is 6.43. The van der Waals surface area contributed by atoms with Crippen LogP contribution in [0.1, 0.15) is 70.6 Å². The summed E-state index contributed by atoms with van der Waals surface area (Å²) in [5.41, 5.74) is 14.0. The first kappa shape index (κ1) is 19.4. The van der Waals surface area contributed by atoms with E-state index in [0.29, 0.717) is 5.92 Å². The maximum Gasteiger partial charge on any atom is 0.0818 e. The molecule has 0 bridgehead atoms. The van der Waals surface area contributed by atoms with Crippen LogP contribution in [0.3, 0.4) is 0 Å². The zero-order valence-electron chi connectivity index (χ0n) is 16.9. The summed E-state index contributed by atoms with van der Waals surface area (Å²) < 4.78 is 0. The Labute approximate surface area is 165 Å². The highest BCUT2D eigenvalue weighted by Crippen LogP contribution is 2.46. The maximum atomic E-state index is 6.43. The van der Waals surface area contributed by atoms with E-state index in [1.807, 2.05) is 0 Å². The number of rotatable bonds is 5. The lowest BCUT2D eigenvalue weighted by molar-refractivity contribution is 0.110. The van der Waals surface area contributed by atoms with Crippen LogP contribution in [0, 0.1) is 29.6 Å². The minimum atomic E-state index is -0.151. The molecule has 0 amide bonds. The molecule has 2 fully saturated rings. The van der Waals surface area contributed by atoms with Crippen LogP contribution < -0.4 is 16.8 Å². The van der Waals surface area contributed by atoms with E-state index in [1.165, 1.54) is 63.4 Å². The van der Waals surface area contributed by atoms with Gasteiger partial charge in [-0.1, -0.05) is 56.1 Å². The van der Waals surface area contributed by atoms with Crippen LogP contribution in [-0.2, 0) is 0 Å². The van der Waals surface area contributed by atoms with E-state index in [1.54, 1.807) is 0 Å². The number of hydrogen-bond acceptors (Lipinski definition) is 3. The first-order valence-electron chi connectivity index (χ1n) is 11.5. The van der Waals surface area contributed by atoms with Crippen LogP contribution in [0.5, 0.6) is 0 Å². The predicted molar refractivity (Wildman–Crippen MR) is 114 cm³/mol. The topological polar surface area (TPSA) is 64.1 Å². The average Bonchev–Trinajstić information content (AvgIpc) is 2.74. The minimum Gasteiger partial charge on any atom is -0.315 e. The van der Waals surface area contributed by atoms with Gasteiger partial charge in [0.15, 0.2) is 0 Å². The summed E-state index contributed by atoms with van der Waals surface area (Å²) in [4.78, 5) is 0. The van der Waals surface area contributed by atoms with Crippen molar-refractivity contribution < 1.29 is 0 Å². The second-order valence-corrected chi connectivity index (χ2v) is 9.53. The highest BCUT2D eigenvalue weighted by atomic mass is 15.1. The van der Waals surface area contributed by atoms with Crippen molar-refractivity contribution in [2.45, 2.75) is 83.0 Å². The molecule has 7 unspecified atom stereocenters. The summed E-state index contributed by atoms with van der Waals surface area (Å²) in [6.45, 7) is 0. The fourth-order valence-electron chi connectivity index (χ4n) is 6.10. The Morgan fingerprint density at radius 2 is 1.70 bits per heavy atom. The molecule has 0 aromatic carbocycles. The van der Waals surface area contributed by atoms with Gasteiger partial charge >= 0.3 is 0 Å². The van der Waals surface area contributed by atoms with Crippen molar-refractivity contribution in [2.75, 3.05) is 0 Å². The van der Waals surface area contributed by atoms with Gasteiger partial charge in [-0.15, -0.1) is 0 Å². The summed E-state index contributed by atoms with van der Waals surface area (Å²) in [5.74, 6) is 4.08. The molecular weight excluding hydrogens is 330 g/mol. The molecule has 0 heterocycles. The SMILES string of the molecule is NC(NC(N)C1C=CCCC1)C1=CCC(C2CCC3CCCCC3C2)C=C1. The van der Waals surface area contributed by atoms with Crippen molar-refractivity contribution in [3.05, 3.63) is 36.0 Å². The molecule has 0 aromatic rings. The molecule has 0 radical (unpaired) electrons. The third-order valence-electron chi connectivity index (χ3n) is 7.83. The van der Waals surface area contributed by atoms with E-state index < -0.39 is 0 Å². The number of fused-ring (bicyclic) bond motifs is 1. The lowest BCUT2D eigenvalue weighted by Crippen LogP contribution is -2.52. The molecule has 4 aliphatic carbocycles. The van der Waals surface area contributed by atoms with Gasteiger partial charge < -0.3 is 11.5 Å². The van der Waals surface area contributed by atoms with E-state index in [2.05, 4.69) is 35.7 Å². The molecule has 27 heavy (non-hydrogen) atoms. The van der Waals surface area contributed by atoms with E-state index in [0.717, 1.165) is 36.5 Å². The molecule has 7 atom stereocenters. The number of allylic oxidation sites excluding steroid dienone is 3. The van der Waals surface area contributed by atoms with Gasteiger partial charge in [0, 0.05) is 5.92 Å². The van der Waals surface area contributed by atoms with E-state index in [9.17, 15) is 0 Å². The third kappa shape index (κ3) is 4.75. The first-order chi connectivity index (χ1) is 13.2. The Hall–Kier alpha value is -0.900. The van der Waals surface area contributed by atoms with Crippen LogP contribution in [-0.4, -0.2) is 12.3 Å². The van der Waals surface area contributed by atoms with Crippen LogP contribution in [0.4, 0.5) is 0 Å². The van der Waals surface area contributed by atoms with E-state index in [4.69, 9.17) is 11.5 Å². The standard InChI is InChI=1S/C24H39N3/c25-23(19-7-2-1-3-8-19)27-24(26)20-13-10-18(11-14-20)22-15-12-17-6-4-5-9-21(17)16-22/h2,7,10,13-14,17-19,21-24,27H,1,3-6,8-9,11-12,15-16,25-26H2. The lowest BCUT2D eigenvalue weighted by Gasteiger charge is -2.42. The van der Waals surface area contributed by atoms with Gasteiger partial charge in [-0.05, 0) is 74.2 Å². The average molecular weight is 370 g/mol. The van der Waals surface area contributed by atoms with E-state index >= 15 is 0 Å². The van der Waals surface area contributed by atoms with Gasteiger partial charge in [-0.25, -0.2) is 0 Å². The molecule has 2 saturated carbocycles. The van der Waals surface area contributed by atoms with E-state index in [-0.39, 0.29) is 12.3 Å². The van der Waals surface area contributed by atoms with Crippen molar-refractivity contribution >= 4 is 0 Å². The fourth-order valence-corrected chi connectivity index (χ4v) is 6.10. The zero-order chi connectivity index (χ0) is 18.6. The molecule has 150 valence electrons. The van der Waals surface area contributed by atoms with Crippen LogP contribution in [0.2, 0.25) is 0 Å². The molecule has 4 aliphatic rings. The molecule has 3 heteroatoms. The Morgan fingerprint density at radius 1 is 0.889 bits per heavy atom. The first-order valence-corrected chi connectivity index (χ1v) is 11.5. The number of nitrogens with two attached hydrogens (primary N) is 2. The number of nitrogens with one attached hydrogen (secondary N) is 1. The molecule has 0 aromatic heterocycles. The largest absolute Gasteiger partial charge is 0.315 e. The number of hydrogen-bond donors (Lipinski definition) is 3. The van der Waals surface area contributed by atoms with Gasteiger partial charge in [-0.2, -0.15) is 0 Å². The summed E-state index contributed by atoms with van der Waals surface area (Å²) in [7, 11) is 0. The van der Waals surface area contributed by atoms with Crippen molar-refractivity contribution in [3.63, 3.8) is 0 Å². The highest BCUT2D eigenvalue weighted by molar-refractivity contribution is 5.28. The van der Waals surface area contributed by atoms with Gasteiger partial charge in [0.05, 0.1) is 12.3 Å². The molecule has 0 saturated heterocycles. The molecule has 0 aliphatic heterocycles. The smallest absolute Gasteiger partial charge is 0.0818 e. The Kier molecular flexibility index (Phi) is 6.52. The monoisotopic (exact) mass is 369 g/mol. The summed E-state index contributed by atoms with van der Waals surface area (Å²) in [6, 6.07) is 0. The summed E-state index contributed by atoms with van der Waals surface area (Å²) in [5, 5.41) is 3.44. The van der Waals surface area contributed by atoms with Crippen molar-refractivity contribution in [3.8, 4) is 0 Å². The van der Waals surface area contributed by atoms with Gasteiger partial charge in [0.25, 0.3) is 0 Å². The summed E-state index contributed by atoms with van der Waals surface area (Å²) >= 11 is 0. The molecule has 5 N–H and O–H groups in total. The van der Waals surface area contributed by atoms with Gasteiger partial charge in [0.1, 0.15) is 0 Å². The highest BCUT2D eigenvalue weighted by Gasteiger charge is 2.35. The van der Waals surface area contributed by atoms with Gasteiger partial charge in [0.2, 0.25) is 0 Å². The van der Waals surface area contributed by atoms with Crippen molar-refractivity contribution in [1.29, 1.82) is 0 Å². The zero-order valence-corrected chi connectivity index (χ0v) is 16.9. The van der Waals surface area contributed by atoms with Crippen LogP contribution in [0.15, 0.2) is 36.0 Å². The van der Waals surface area contributed by atoms with Gasteiger partial charge in [-0.3, -0.25) is 5.32 Å². The quantitative estimate of drug-likeness (QED) is 0.490. The second-order valence-electron chi connectivity index (χ2n) is 9.53. The summed E-state index contributed by atoms with van der Waals surface area (Å²) in [6.07, 6.45) is 26.5. The predicted octanol–water partition coefficient (Wildman–Crippen LogP) is 4.61. The van der Waals surface area contributed by atoms with Crippen molar-refractivity contribution in [1.82, 2.24) is 5.32 Å². The Morgan fingerprint density at radius 3 is 2.44 bits per heavy atom. The molecular formula is C24H39N3. The Balaban J connectivity index is 1.27. The third-order valence-corrected chi connectivity index (χ3v) is 7.83. The van der Waals surface area contributed by atoms with Crippen molar-refractivity contribution in [2.24, 2.45) is 41.1 Å². The lowest BCUT2D eigenvalue weighted by atomic mass is 9.64. The normalized spacial score (nSPS) is 38.7.